The molecule has 0 bridgehead atoms. The molecule has 1 N–H and O–H groups in total. The number of hydrogen-bond acceptors (Lipinski definition) is 4. The van der Waals surface area contributed by atoms with E-state index in [9.17, 15) is 4.79 Å². The monoisotopic (exact) mass is 482 g/mol. The summed E-state index contributed by atoms with van der Waals surface area (Å²) in [6.07, 6.45) is 3.10. The number of aromatic nitrogens is 3. The number of nitrogens with zero attached hydrogens (tertiary/aromatic N) is 3. The van der Waals surface area contributed by atoms with E-state index < -0.39 is 5.91 Å². The number of amides is 1. The molecule has 0 radical (unpaired) electrons. The van der Waals surface area contributed by atoms with Gasteiger partial charge in [-0.05, 0) is 42.8 Å². The Morgan fingerprint density at radius 1 is 0.875 bits per heavy atom. The third-order valence-corrected chi connectivity index (χ3v) is 5.60. The number of hydrogen-bond donors (Lipinski definition) is 1. The zero-order valence-electron chi connectivity index (χ0n) is 16.9. The molecule has 32 heavy (non-hydrogen) atoms. The highest BCUT2D eigenvalue weighted by Crippen LogP contribution is 2.35. The third-order valence-electron chi connectivity index (χ3n) is 4.83. The molecule has 160 valence electrons. The van der Waals surface area contributed by atoms with Crippen molar-refractivity contribution in [1.82, 2.24) is 20.3 Å². The first-order valence-electron chi connectivity index (χ1n) is 9.72. The Bertz CT molecular complexity index is 1260. The molecule has 0 aliphatic heterocycles. The Morgan fingerprint density at radius 3 is 2.31 bits per heavy atom. The van der Waals surface area contributed by atoms with Crippen molar-refractivity contribution in [1.29, 1.82) is 0 Å². The summed E-state index contributed by atoms with van der Waals surface area (Å²) in [6, 6.07) is 18.0. The fraction of sp³-hybridized carbons (Fsp3) is 0.0833. The average molecular weight is 484 g/mol. The maximum absolute atomic E-state index is 12.9. The van der Waals surface area contributed by atoms with Crippen LogP contribution in [0.5, 0.6) is 0 Å². The fourth-order valence-electron chi connectivity index (χ4n) is 3.19. The quantitative estimate of drug-likeness (QED) is 0.345. The van der Waals surface area contributed by atoms with Gasteiger partial charge in [-0.1, -0.05) is 65.1 Å². The van der Waals surface area contributed by atoms with E-state index in [-0.39, 0.29) is 11.9 Å². The van der Waals surface area contributed by atoms with E-state index >= 15 is 0 Å². The van der Waals surface area contributed by atoms with Crippen LogP contribution in [0.15, 0.2) is 73.1 Å². The highest BCUT2D eigenvalue weighted by Gasteiger charge is 2.20. The largest absolute Gasteiger partial charge is 0.343 e. The molecule has 2 aromatic carbocycles. The van der Waals surface area contributed by atoms with Gasteiger partial charge >= 0.3 is 0 Å². The molecule has 2 aromatic heterocycles. The van der Waals surface area contributed by atoms with E-state index in [2.05, 4.69) is 20.3 Å². The van der Waals surface area contributed by atoms with Gasteiger partial charge in [0, 0.05) is 28.5 Å². The number of rotatable bonds is 5. The topological polar surface area (TPSA) is 67.8 Å². The van der Waals surface area contributed by atoms with Crippen molar-refractivity contribution in [2.75, 3.05) is 0 Å². The van der Waals surface area contributed by atoms with Crippen LogP contribution < -0.4 is 5.32 Å². The van der Waals surface area contributed by atoms with Gasteiger partial charge in [0.05, 0.1) is 27.5 Å². The maximum atomic E-state index is 12.9. The maximum Gasteiger partial charge on any atom is 0.289 e. The van der Waals surface area contributed by atoms with Crippen LogP contribution in [0.25, 0.3) is 22.5 Å². The number of benzene rings is 2. The Hall–Kier alpha value is -2.99. The summed E-state index contributed by atoms with van der Waals surface area (Å²) in [6.45, 7) is 1.90. The predicted octanol–water partition coefficient (Wildman–Crippen LogP) is 6.66. The molecule has 0 saturated carbocycles. The van der Waals surface area contributed by atoms with E-state index in [0.29, 0.717) is 37.6 Å². The normalized spacial score (nSPS) is 11.8. The van der Waals surface area contributed by atoms with Crippen molar-refractivity contribution in [2.24, 2.45) is 0 Å². The third kappa shape index (κ3) is 4.91. The summed E-state index contributed by atoms with van der Waals surface area (Å²) < 4.78 is 0. The molecular weight excluding hydrogens is 467 g/mol. The van der Waals surface area contributed by atoms with Gasteiger partial charge < -0.3 is 5.32 Å². The molecule has 0 spiro atoms. The average Bonchev–Trinajstić information content (AvgIpc) is 2.80. The van der Waals surface area contributed by atoms with Gasteiger partial charge in [0.1, 0.15) is 0 Å². The van der Waals surface area contributed by atoms with Crippen molar-refractivity contribution < 1.29 is 4.79 Å². The summed E-state index contributed by atoms with van der Waals surface area (Å²) in [4.78, 5) is 26.1. The first-order chi connectivity index (χ1) is 15.4. The first kappa shape index (κ1) is 22.2. The van der Waals surface area contributed by atoms with Crippen LogP contribution in [0.3, 0.4) is 0 Å². The van der Waals surface area contributed by atoms with E-state index in [4.69, 9.17) is 34.8 Å². The lowest BCUT2D eigenvalue weighted by Gasteiger charge is -2.15. The van der Waals surface area contributed by atoms with Crippen LogP contribution in [0, 0.1) is 0 Å². The molecule has 0 fully saturated rings. The molecule has 0 unspecified atom stereocenters. The van der Waals surface area contributed by atoms with E-state index in [1.807, 2.05) is 37.3 Å². The smallest absolute Gasteiger partial charge is 0.289 e. The van der Waals surface area contributed by atoms with E-state index in [1.54, 1.807) is 36.5 Å². The van der Waals surface area contributed by atoms with Crippen molar-refractivity contribution in [3.8, 4) is 22.5 Å². The van der Waals surface area contributed by atoms with Crippen LogP contribution in [0.2, 0.25) is 15.1 Å². The lowest BCUT2D eigenvalue weighted by Crippen LogP contribution is -2.28. The van der Waals surface area contributed by atoms with Crippen LogP contribution in [0.1, 0.15) is 29.1 Å². The Balaban J connectivity index is 1.75. The van der Waals surface area contributed by atoms with Crippen molar-refractivity contribution in [3.63, 3.8) is 0 Å². The van der Waals surface area contributed by atoms with Gasteiger partial charge in [-0.15, -0.1) is 0 Å². The summed E-state index contributed by atoms with van der Waals surface area (Å²) in [7, 11) is 0. The fourth-order valence-corrected chi connectivity index (χ4v) is 3.80. The molecule has 8 heteroatoms. The summed E-state index contributed by atoms with van der Waals surface area (Å²) in [5, 5.41) is 4.33. The molecule has 4 rings (SSSR count). The van der Waals surface area contributed by atoms with Gasteiger partial charge in [0.15, 0.2) is 0 Å². The minimum Gasteiger partial charge on any atom is -0.343 e. The van der Waals surface area contributed by atoms with Crippen molar-refractivity contribution in [3.05, 3.63) is 99.5 Å². The van der Waals surface area contributed by atoms with Gasteiger partial charge in [-0.2, -0.15) is 0 Å². The minimum absolute atomic E-state index is 0.0199. The molecule has 0 saturated heterocycles. The second kappa shape index (κ2) is 9.65. The second-order valence-corrected chi connectivity index (χ2v) is 8.33. The van der Waals surface area contributed by atoms with Gasteiger partial charge in [-0.25, -0.2) is 9.97 Å². The van der Waals surface area contributed by atoms with Gasteiger partial charge in [-0.3, -0.25) is 9.78 Å². The molecule has 0 aliphatic carbocycles. The number of carbonyl (C=O) groups excluding carboxylic acids is 1. The predicted molar refractivity (Wildman–Crippen MR) is 128 cm³/mol. The molecule has 5 nitrogen and oxygen atoms in total. The summed E-state index contributed by atoms with van der Waals surface area (Å²) in [5.41, 5.74) is 3.26. The Labute approximate surface area is 200 Å². The van der Waals surface area contributed by atoms with Gasteiger partial charge in [0.25, 0.3) is 5.91 Å². The van der Waals surface area contributed by atoms with Crippen molar-refractivity contribution >= 4 is 40.7 Å². The molecule has 4 aromatic rings. The summed E-state index contributed by atoms with van der Waals surface area (Å²) >= 11 is 18.5. The van der Waals surface area contributed by atoms with E-state index in [1.165, 1.54) is 6.20 Å². The summed E-state index contributed by atoms with van der Waals surface area (Å²) in [5.74, 6) is -0.380. The highest BCUT2D eigenvalue weighted by molar-refractivity contribution is 6.36. The standard InChI is InChI=1S/C24H17Cl3N4O/c1-14(15-5-3-2-4-6-15)30-24(32)23-29-13-19(21-10-8-17(26)12-28-21)22(31-23)18-9-7-16(25)11-20(18)27/h2-14H,1H3,(H,30,32)/t14-/m1/s1. The number of halogens is 3. The zero-order valence-corrected chi connectivity index (χ0v) is 19.2. The number of pyridine rings is 1. The first-order valence-corrected chi connectivity index (χ1v) is 10.9. The number of carbonyl (C=O) groups is 1. The van der Waals surface area contributed by atoms with Crippen LogP contribution in [0.4, 0.5) is 0 Å². The zero-order chi connectivity index (χ0) is 22.7. The lowest BCUT2D eigenvalue weighted by atomic mass is 10.0. The molecular formula is C24H17Cl3N4O. The van der Waals surface area contributed by atoms with Crippen LogP contribution in [-0.2, 0) is 0 Å². The van der Waals surface area contributed by atoms with Crippen LogP contribution in [-0.4, -0.2) is 20.9 Å². The van der Waals surface area contributed by atoms with E-state index in [0.717, 1.165) is 5.56 Å². The second-order valence-electron chi connectivity index (χ2n) is 7.05. The number of nitrogens with one attached hydrogen (secondary N) is 1. The van der Waals surface area contributed by atoms with Crippen LogP contribution >= 0.6 is 34.8 Å². The van der Waals surface area contributed by atoms with Gasteiger partial charge in [0.2, 0.25) is 5.82 Å². The molecule has 1 amide bonds. The highest BCUT2D eigenvalue weighted by atomic mass is 35.5. The molecule has 1 atom stereocenters. The molecule has 0 aliphatic rings. The Kier molecular flexibility index (Phi) is 6.70. The minimum atomic E-state index is -0.400. The lowest BCUT2D eigenvalue weighted by molar-refractivity contribution is 0.0929. The molecule has 2 heterocycles. The SMILES string of the molecule is C[C@@H](NC(=O)c1ncc(-c2ccc(Cl)cn2)c(-c2ccc(Cl)cc2Cl)n1)c1ccccc1. The Morgan fingerprint density at radius 2 is 1.62 bits per heavy atom. The van der Waals surface area contributed by atoms with Crippen molar-refractivity contribution in [2.45, 2.75) is 13.0 Å².